The van der Waals surface area contributed by atoms with Gasteiger partial charge in [0, 0.05) is 0 Å². The lowest BCUT2D eigenvalue weighted by Crippen LogP contribution is -2.20. The minimum atomic E-state index is -0.574. The van der Waals surface area contributed by atoms with Crippen LogP contribution in [0.15, 0.2) is 24.3 Å². The molecule has 0 heterocycles. The largest absolute Gasteiger partial charge is 0.497 e. The zero-order chi connectivity index (χ0) is 19.0. The number of esters is 2. The highest BCUT2D eigenvalue weighted by Gasteiger charge is 2.08. The van der Waals surface area contributed by atoms with E-state index in [9.17, 15) is 9.59 Å². The lowest BCUT2D eigenvalue weighted by molar-refractivity contribution is -0.152. The Morgan fingerprint density at radius 2 is 1.38 bits per heavy atom. The number of rotatable bonds is 14. The molecule has 6 heteroatoms. The molecule has 0 spiro atoms. The summed E-state index contributed by atoms with van der Waals surface area (Å²) >= 11 is 0. The topological polar surface area (TPSA) is 71.1 Å². The molecule has 1 aromatic carbocycles. The second kappa shape index (κ2) is 14.1. The van der Waals surface area contributed by atoms with Crippen molar-refractivity contribution in [3.05, 3.63) is 24.3 Å². The molecule has 146 valence electrons. The Balaban J connectivity index is 2.01. The van der Waals surface area contributed by atoms with Gasteiger partial charge >= 0.3 is 11.9 Å². The van der Waals surface area contributed by atoms with E-state index in [4.69, 9.17) is 18.9 Å². The molecule has 0 aliphatic heterocycles. The van der Waals surface area contributed by atoms with Crippen LogP contribution in [0.1, 0.15) is 51.9 Å². The minimum absolute atomic E-state index is 0.256. The number of methoxy groups -OCH3 is 1. The lowest BCUT2D eigenvalue weighted by Gasteiger charge is -2.07. The molecule has 1 rings (SSSR count). The number of carbonyl (C=O) groups excluding carboxylic acids is 2. The summed E-state index contributed by atoms with van der Waals surface area (Å²) in [4.78, 5) is 23.1. The fraction of sp³-hybridized carbons (Fsp3) is 0.600. The number of carbonyl (C=O) groups is 2. The average Bonchev–Trinajstić information content (AvgIpc) is 2.64. The van der Waals surface area contributed by atoms with Crippen molar-refractivity contribution >= 4 is 11.9 Å². The normalized spacial score (nSPS) is 10.4. The van der Waals surface area contributed by atoms with E-state index >= 15 is 0 Å². The first-order valence-corrected chi connectivity index (χ1v) is 9.23. The van der Waals surface area contributed by atoms with Crippen molar-refractivity contribution < 1.29 is 28.5 Å². The van der Waals surface area contributed by atoms with Gasteiger partial charge in [0.15, 0.2) is 0 Å². The standard InChI is InChI=1S/C20H30O6/c1-3-4-5-6-7-8-9-14-25-19(21)15-24-16-20(22)26-18-12-10-17(23-2)11-13-18/h10-13H,3-9,14-16H2,1-2H3. The molecule has 1 aromatic rings. The van der Waals surface area contributed by atoms with E-state index in [1.807, 2.05) is 0 Å². The van der Waals surface area contributed by atoms with Crippen molar-refractivity contribution in [3.63, 3.8) is 0 Å². The van der Waals surface area contributed by atoms with Gasteiger partial charge in [0.2, 0.25) is 0 Å². The molecule has 26 heavy (non-hydrogen) atoms. The maximum absolute atomic E-state index is 11.6. The first-order chi connectivity index (χ1) is 12.7. The molecule has 0 N–H and O–H groups in total. The molecule has 0 aliphatic carbocycles. The van der Waals surface area contributed by atoms with Crippen LogP contribution in [0.5, 0.6) is 11.5 Å². The minimum Gasteiger partial charge on any atom is -0.497 e. The number of ether oxygens (including phenoxy) is 4. The van der Waals surface area contributed by atoms with Crippen LogP contribution in [-0.2, 0) is 19.1 Å². The highest BCUT2D eigenvalue weighted by atomic mass is 16.6. The third-order valence-corrected chi connectivity index (χ3v) is 3.74. The molecule has 0 bridgehead atoms. The molecule has 0 aromatic heterocycles. The fourth-order valence-electron chi connectivity index (χ4n) is 2.31. The molecule has 0 aliphatic rings. The summed E-state index contributed by atoms with van der Waals surface area (Å²) < 4.78 is 20.2. The Bertz CT molecular complexity index is 512. The number of benzene rings is 1. The predicted octanol–water partition coefficient (Wildman–Crippen LogP) is 3.91. The summed E-state index contributed by atoms with van der Waals surface area (Å²) in [6.45, 7) is 2.03. The SMILES string of the molecule is CCCCCCCCCOC(=O)COCC(=O)Oc1ccc(OC)cc1. The van der Waals surface area contributed by atoms with Crippen molar-refractivity contribution in [2.45, 2.75) is 51.9 Å². The molecule has 0 radical (unpaired) electrons. The first-order valence-electron chi connectivity index (χ1n) is 9.23. The Hall–Kier alpha value is -2.08. The van der Waals surface area contributed by atoms with Gasteiger partial charge in [-0.1, -0.05) is 45.4 Å². The first kappa shape index (κ1) is 22.0. The summed E-state index contributed by atoms with van der Waals surface area (Å²) in [7, 11) is 1.56. The van der Waals surface area contributed by atoms with Crippen molar-refractivity contribution in [1.82, 2.24) is 0 Å². The molecule has 6 nitrogen and oxygen atoms in total. The van der Waals surface area contributed by atoms with Crippen LogP contribution in [0.25, 0.3) is 0 Å². The van der Waals surface area contributed by atoms with Gasteiger partial charge in [-0.2, -0.15) is 0 Å². The summed E-state index contributed by atoms with van der Waals surface area (Å²) in [5.74, 6) is 0.0222. The van der Waals surface area contributed by atoms with Crippen LogP contribution >= 0.6 is 0 Å². The average molecular weight is 366 g/mol. The van der Waals surface area contributed by atoms with E-state index in [0.717, 1.165) is 12.8 Å². The second-order valence-corrected chi connectivity index (χ2v) is 5.98. The van der Waals surface area contributed by atoms with Crippen LogP contribution in [0.3, 0.4) is 0 Å². The second-order valence-electron chi connectivity index (χ2n) is 5.98. The maximum atomic E-state index is 11.6. The Kier molecular flexibility index (Phi) is 11.9. The number of unbranched alkanes of at least 4 members (excludes halogenated alkanes) is 6. The van der Waals surface area contributed by atoms with Gasteiger partial charge in [-0.15, -0.1) is 0 Å². The van der Waals surface area contributed by atoms with Crippen LogP contribution < -0.4 is 9.47 Å². The van der Waals surface area contributed by atoms with Crippen LogP contribution in [0.2, 0.25) is 0 Å². The zero-order valence-electron chi connectivity index (χ0n) is 15.8. The van der Waals surface area contributed by atoms with Crippen molar-refractivity contribution in [1.29, 1.82) is 0 Å². The lowest BCUT2D eigenvalue weighted by atomic mass is 10.1. The van der Waals surface area contributed by atoms with Gasteiger partial charge in [0.25, 0.3) is 0 Å². The van der Waals surface area contributed by atoms with Crippen LogP contribution in [0.4, 0.5) is 0 Å². The summed E-state index contributed by atoms with van der Waals surface area (Å²) in [5, 5.41) is 0. The summed E-state index contributed by atoms with van der Waals surface area (Å²) in [5.41, 5.74) is 0. The fourth-order valence-corrected chi connectivity index (χ4v) is 2.31. The quantitative estimate of drug-likeness (QED) is 0.282. The molecular formula is C20H30O6. The van der Waals surface area contributed by atoms with Crippen molar-refractivity contribution in [2.24, 2.45) is 0 Å². The van der Waals surface area contributed by atoms with Crippen molar-refractivity contribution in [2.75, 3.05) is 26.9 Å². The highest BCUT2D eigenvalue weighted by Crippen LogP contribution is 2.17. The molecule has 0 fully saturated rings. The van der Waals surface area contributed by atoms with Gasteiger partial charge in [0.1, 0.15) is 24.7 Å². The Morgan fingerprint density at radius 3 is 2.04 bits per heavy atom. The number of hydrogen-bond donors (Lipinski definition) is 0. The van der Waals surface area contributed by atoms with E-state index in [0.29, 0.717) is 18.1 Å². The van der Waals surface area contributed by atoms with E-state index < -0.39 is 11.9 Å². The van der Waals surface area contributed by atoms with Gasteiger partial charge in [0.05, 0.1) is 13.7 Å². The molecular weight excluding hydrogens is 336 g/mol. The van der Waals surface area contributed by atoms with E-state index in [1.165, 1.54) is 32.1 Å². The molecule has 0 saturated carbocycles. The van der Waals surface area contributed by atoms with Crippen molar-refractivity contribution in [3.8, 4) is 11.5 Å². The van der Waals surface area contributed by atoms with Gasteiger partial charge in [-0.05, 0) is 30.7 Å². The van der Waals surface area contributed by atoms with Gasteiger partial charge in [-0.3, -0.25) is 0 Å². The molecule has 0 saturated heterocycles. The Morgan fingerprint density at radius 1 is 0.808 bits per heavy atom. The summed E-state index contributed by atoms with van der Waals surface area (Å²) in [6.07, 6.45) is 8.13. The van der Waals surface area contributed by atoms with Gasteiger partial charge < -0.3 is 18.9 Å². The van der Waals surface area contributed by atoms with E-state index in [-0.39, 0.29) is 13.2 Å². The van der Waals surface area contributed by atoms with E-state index in [2.05, 4.69) is 6.92 Å². The van der Waals surface area contributed by atoms with Crippen LogP contribution in [0, 0.1) is 0 Å². The third kappa shape index (κ3) is 10.7. The summed E-state index contributed by atoms with van der Waals surface area (Å²) in [6, 6.07) is 6.61. The molecule has 0 amide bonds. The van der Waals surface area contributed by atoms with Gasteiger partial charge in [-0.25, -0.2) is 9.59 Å². The smallest absolute Gasteiger partial charge is 0.337 e. The number of hydrogen-bond acceptors (Lipinski definition) is 6. The molecule has 0 atom stereocenters. The Labute approximate surface area is 155 Å². The monoisotopic (exact) mass is 366 g/mol. The third-order valence-electron chi connectivity index (χ3n) is 3.74. The predicted molar refractivity (Wildman–Crippen MR) is 98.4 cm³/mol. The van der Waals surface area contributed by atoms with Crippen LogP contribution in [-0.4, -0.2) is 38.9 Å². The maximum Gasteiger partial charge on any atom is 0.337 e. The zero-order valence-corrected chi connectivity index (χ0v) is 15.8. The molecule has 0 unspecified atom stereocenters. The highest BCUT2D eigenvalue weighted by molar-refractivity contribution is 5.75. The van der Waals surface area contributed by atoms with E-state index in [1.54, 1.807) is 31.4 Å².